The minimum absolute atomic E-state index is 0.138. The molecule has 0 saturated heterocycles. The maximum absolute atomic E-state index is 11.8. The third-order valence-electron chi connectivity index (χ3n) is 3.95. The van der Waals surface area contributed by atoms with Crippen molar-refractivity contribution in [2.75, 3.05) is 13.2 Å². The van der Waals surface area contributed by atoms with Gasteiger partial charge in [0.1, 0.15) is 5.75 Å². The Balaban J connectivity index is 1.75. The molecule has 0 heterocycles. The molecule has 0 amide bonds. The van der Waals surface area contributed by atoms with Gasteiger partial charge in [0.2, 0.25) is 0 Å². The Morgan fingerprint density at radius 1 is 1.05 bits per heavy atom. The molecule has 3 nitrogen and oxygen atoms in total. The number of carbonyl (C=O) groups excluding carboxylic acids is 1. The Morgan fingerprint density at radius 2 is 1.77 bits per heavy atom. The Morgan fingerprint density at radius 3 is 2.50 bits per heavy atom. The molecule has 3 heteroatoms. The third-order valence-corrected chi connectivity index (χ3v) is 3.95. The van der Waals surface area contributed by atoms with Gasteiger partial charge >= 0.3 is 5.97 Å². The van der Waals surface area contributed by atoms with Crippen LogP contribution in [0.25, 0.3) is 10.8 Å². The molecule has 118 valence electrons. The second-order valence-electron chi connectivity index (χ2n) is 6.08. The second-order valence-corrected chi connectivity index (χ2v) is 6.08. The van der Waals surface area contributed by atoms with Gasteiger partial charge in [0.05, 0.1) is 18.6 Å². The molecule has 0 saturated carbocycles. The maximum atomic E-state index is 11.8. The fourth-order valence-electron chi connectivity index (χ4n) is 2.01. The van der Waals surface area contributed by atoms with Gasteiger partial charge in [0.15, 0.2) is 0 Å². The normalized spacial score (nSPS) is 11.4. The van der Waals surface area contributed by atoms with Gasteiger partial charge < -0.3 is 9.47 Å². The Labute approximate surface area is 132 Å². The first-order valence-corrected chi connectivity index (χ1v) is 7.82. The van der Waals surface area contributed by atoms with Crippen LogP contribution in [0.4, 0.5) is 0 Å². The number of hydrogen-bond donors (Lipinski definition) is 0. The van der Waals surface area contributed by atoms with Crippen molar-refractivity contribution in [1.29, 1.82) is 0 Å². The molecule has 22 heavy (non-hydrogen) atoms. The zero-order valence-electron chi connectivity index (χ0n) is 13.6. The Kier molecular flexibility index (Phi) is 5.42. The van der Waals surface area contributed by atoms with Gasteiger partial charge in [0, 0.05) is 6.42 Å². The van der Waals surface area contributed by atoms with E-state index in [1.165, 1.54) is 5.39 Å². The van der Waals surface area contributed by atoms with E-state index in [0.29, 0.717) is 19.6 Å². The van der Waals surface area contributed by atoms with E-state index >= 15 is 0 Å². The summed E-state index contributed by atoms with van der Waals surface area (Å²) < 4.78 is 11.0. The highest BCUT2D eigenvalue weighted by Gasteiger charge is 2.26. The molecule has 0 aliphatic carbocycles. The molecule has 0 radical (unpaired) electrons. The SMILES string of the molecule is CCC(C)(C)C(=O)OCCCOc1ccc2ccccc2c1. The van der Waals surface area contributed by atoms with Crippen molar-refractivity contribution in [3.63, 3.8) is 0 Å². The number of hydrogen-bond acceptors (Lipinski definition) is 3. The van der Waals surface area contributed by atoms with E-state index in [-0.39, 0.29) is 5.97 Å². The summed E-state index contributed by atoms with van der Waals surface area (Å²) in [7, 11) is 0. The molecule has 0 bridgehead atoms. The number of ether oxygens (including phenoxy) is 2. The van der Waals surface area contributed by atoms with E-state index in [9.17, 15) is 4.79 Å². The van der Waals surface area contributed by atoms with Crippen LogP contribution < -0.4 is 4.74 Å². The third kappa shape index (κ3) is 4.23. The average Bonchev–Trinajstić information content (AvgIpc) is 2.54. The Bertz CT molecular complexity index is 631. The van der Waals surface area contributed by atoms with E-state index < -0.39 is 5.41 Å². The Hall–Kier alpha value is -2.03. The first-order chi connectivity index (χ1) is 10.5. The second kappa shape index (κ2) is 7.30. The number of benzene rings is 2. The van der Waals surface area contributed by atoms with Crippen molar-refractivity contribution in [1.82, 2.24) is 0 Å². The molecule has 2 aromatic rings. The number of rotatable bonds is 7. The molecule has 2 aromatic carbocycles. The van der Waals surface area contributed by atoms with Gasteiger partial charge in [-0.1, -0.05) is 37.3 Å². The van der Waals surface area contributed by atoms with Crippen LogP contribution in [0.5, 0.6) is 5.75 Å². The summed E-state index contributed by atoms with van der Waals surface area (Å²) in [4.78, 5) is 11.8. The number of carbonyl (C=O) groups is 1. The van der Waals surface area contributed by atoms with E-state index in [1.54, 1.807) is 0 Å². The van der Waals surface area contributed by atoms with Gasteiger partial charge in [-0.2, -0.15) is 0 Å². The topological polar surface area (TPSA) is 35.5 Å². The molecular weight excluding hydrogens is 276 g/mol. The molecule has 0 aromatic heterocycles. The monoisotopic (exact) mass is 300 g/mol. The summed E-state index contributed by atoms with van der Waals surface area (Å²) in [5.41, 5.74) is -0.404. The highest BCUT2D eigenvalue weighted by atomic mass is 16.5. The van der Waals surface area contributed by atoms with Crippen LogP contribution >= 0.6 is 0 Å². The lowest BCUT2D eigenvalue weighted by molar-refractivity contribution is -0.154. The summed E-state index contributed by atoms with van der Waals surface area (Å²) in [6, 6.07) is 14.2. The van der Waals surface area contributed by atoms with Crippen LogP contribution in [0.1, 0.15) is 33.6 Å². The first-order valence-electron chi connectivity index (χ1n) is 7.82. The quantitative estimate of drug-likeness (QED) is 0.554. The summed E-state index contributed by atoms with van der Waals surface area (Å²) in [6.07, 6.45) is 1.47. The van der Waals surface area contributed by atoms with Crippen molar-refractivity contribution in [3.05, 3.63) is 42.5 Å². The number of fused-ring (bicyclic) bond motifs is 1. The first kappa shape index (κ1) is 16.3. The van der Waals surface area contributed by atoms with Crippen molar-refractivity contribution >= 4 is 16.7 Å². The minimum atomic E-state index is -0.404. The molecule has 0 spiro atoms. The summed E-state index contributed by atoms with van der Waals surface area (Å²) >= 11 is 0. The molecular formula is C19H24O3. The molecule has 0 aliphatic rings. The van der Waals surface area contributed by atoms with Gasteiger partial charge in [-0.15, -0.1) is 0 Å². The van der Waals surface area contributed by atoms with Crippen molar-refractivity contribution in [3.8, 4) is 5.75 Å². The van der Waals surface area contributed by atoms with Crippen LogP contribution in [0.3, 0.4) is 0 Å². The average molecular weight is 300 g/mol. The molecule has 0 atom stereocenters. The predicted molar refractivity (Wildman–Crippen MR) is 89.1 cm³/mol. The van der Waals surface area contributed by atoms with Crippen LogP contribution in [0.15, 0.2) is 42.5 Å². The lowest BCUT2D eigenvalue weighted by atomic mass is 9.91. The van der Waals surface area contributed by atoms with Crippen molar-refractivity contribution < 1.29 is 14.3 Å². The summed E-state index contributed by atoms with van der Waals surface area (Å²) in [5, 5.41) is 2.36. The van der Waals surface area contributed by atoms with E-state index in [1.807, 2.05) is 45.0 Å². The molecule has 0 N–H and O–H groups in total. The largest absolute Gasteiger partial charge is 0.493 e. The van der Waals surface area contributed by atoms with E-state index in [4.69, 9.17) is 9.47 Å². The lowest BCUT2D eigenvalue weighted by Crippen LogP contribution is -2.26. The van der Waals surface area contributed by atoms with Crippen molar-refractivity contribution in [2.24, 2.45) is 5.41 Å². The van der Waals surface area contributed by atoms with E-state index in [0.717, 1.165) is 17.6 Å². The van der Waals surface area contributed by atoms with Crippen molar-refractivity contribution in [2.45, 2.75) is 33.6 Å². The molecule has 0 fully saturated rings. The van der Waals surface area contributed by atoms with Crippen LogP contribution in [-0.2, 0) is 9.53 Å². The lowest BCUT2D eigenvalue weighted by Gasteiger charge is -2.20. The standard InChI is InChI=1S/C19H24O3/c1-4-19(2,3)18(20)22-13-7-12-21-17-11-10-15-8-5-6-9-16(15)14-17/h5-6,8-11,14H,4,7,12-13H2,1-3H3. The summed E-state index contributed by atoms with van der Waals surface area (Å²) in [6.45, 7) is 6.74. The van der Waals surface area contributed by atoms with E-state index in [2.05, 4.69) is 18.2 Å². The fraction of sp³-hybridized carbons (Fsp3) is 0.421. The highest BCUT2D eigenvalue weighted by Crippen LogP contribution is 2.22. The summed E-state index contributed by atoms with van der Waals surface area (Å²) in [5.74, 6) is 0.708. The molecule has 0 unspecified atom stereocenters. The van der Waals surface area contributed by atoms with Crippen LogP contribution in [0.2, 0.25) is 0 Å². The zero-order valence-corrected chi connectivity index (χ0v) is 13.6. The highest BCUT2D eigenvalue weighted by molar-refractivity contribution is 5.83. The molecule has 0 aliphatic heterocycles. The molecule has 2 rings (SSSR count). The number of esters is 1. The van der Waals surface area contributed by atoms with Gasteiger partial charge in [-0.25, -0.2) is 0 Å². The zero-order chi connectivity index (χ0) is 16.0. The van der Waals surface area contributed by atoms with Gasteiger partial charge in [0.25, 0.3) is 0 Å². The van der Waals surface area contributed by atoms with Crippen LogP contribution in [0, 0.1) is 5.41 Å². The predicted octanol–water partition coefficient (Wildman–Crippen LogP) is 4.59. The van der Waals surface area contributed by atoms with Gasteiger partial charge in [-0.05, 0) is 43.2 Å². The van der Waals surface area contributed by atoms with Crippen LogP contribution in [-0.4, -0.2) is 19.2 Å². The smallest absolute Gasteiger partial charge is 0.311 e. The van der Waals surface area contributed by atoms with Gasteiger partial charge in [-0.3, -0.25) is 4.79 Å². The fourth-order valence-corrected chi connectivity index (χ4v) is 2.01. The maximum Gasteiger partial charge on any atom is 0.311 e. The minimum Gasteiger partial charge on any atom is -0.493 e.